The molecule has 1 aliphatic heterocycles. The van der Waals surface area contributed by atoms with Gasteiger partial charge in [0.05, 0.1) is 11.4 Å². The van der Waals surface area contributed by atoms with Gasteiger partial charge in [-0.1, -0.05) is 0 Å². The highest BCUT2D eigenvalue weighted by atomic mass is 32.2. The zero-order valence-electron chi connectivity index (χ0n) is 17.1. The Labute approximate surface area is 171 Å². The van der Waals surface area contributed by atoms with Crippen LogP contribution in [0.1, 0.15) is 33.6 Å². The maximum atomic E-state index is 13.0. The molecule has 0 spiro atoms. The standard InChI is InChI=1S/C19H28FN3O5S/c1-19(2,3)28-18(25)21-15-9-11-23(12-10-15)17(24)13-22(4)29(26,27)16-7-5-14(20)6-8-16/h5-8,15H,9-13H2,1-4H3,(H,21,25). The molecule has 10 heteroatoms. The van der Waals surface area contributed by atoms with Gasteiger partial charge in [-0.15, -0.1) is 0 Å². The molecule has 8 nitrogen and oxygen atoms in total. The van der Waals surface area contributed by atoms with Crippen LogP contribution in [0.25, 0.3) is 0 Å². The molecule has 1 aromatic rings. The number of nitrogens with zero attached hydrogens (tertiary/aromatic N) is 2. The fraction of sp³-hybridized carbons (Fsp3) is 0.579. The number of alkyl carbamates (subject to hydrolysis) is 1. The fourth-order valence-electron chi connectivity index (χ4n) is 2.91. The average molecular weight is 430 g/mol. The van der Waals surface area contributed by atoms with Gasteiger partial charge >= 0.3 is 6.09 Å². The average Bonchev–Trinajstić information content (AvgIpc) is 2.60. The summed E-state index contributed by atoms with van der Waals surface area (Å²) in [6.07, 6.45) is 0.617. The third kappa shape index (κ3) is 6.67. The molecule has 1 aromatic carbocycles. The number of likely N-dealkylation sites (tertiary alicyclic amines) is 1. The maximum Gasteiger partial charge on any atom is 0.407 e. The first-order valence-corrected chi connectivity index (χ1v) is 10.8. The van der Waals surface area contributed by atoms with Crippen molar-refractivity contribution in [2.75, 3.05) is 26.7 Å². The minimum atomic E-state index is -3.89. The second-order valence-electron chi connectivity index (χ2n) is 8.02. The first-order valence-electron chi connectivity index (χ1n) is 9.38. The molecule has 2 amide bonds. The SMILES string of the molecule is CN(CC(=O)N1CCC(NC(=O)OC(C)(C)C)CC1)S(=O)(=O)c1ccc(F)cc1. The number of rotatable bonds is 5. The van der Waals surface area contributed by atoms with Crippen molar-refractivity contribution in [2.24, 2.45) is 0 Å². The largest absolute Gasteiger partial charge is 0.444 e. The van der Waals surface area contributed by atoms with Gasteiger partial charge in [-0.3, -0.25) is 4.79 Å². The second-order valence-corrected chi connectivity index (χ2v) is 10.1. The van der Waals surface area contributed by atoms with Crippen molar-refractivity contribution in [3.05, 3.63) is 30.1 Å². The van der Waals surface area contributed by atoms with E-state index in [9.17, 15) is 22.4 Å². The van der Waals surface area contributed by atoms with Crippen LogP contribution in [0.2, 0.25) is 0 Å². The Morgan fingerprint density at radius 2 is 1.76 bits per heavy atom. The van der Waals surface area contributed by atoms with Crippen molar-refractivity contribution in [3.63, 3.8) is 0 Å². The van der Waals surface area contributed by atoms with Crippen LogP contribution in [0, 0.1) is 5.82 Å². The summed E-state index contributed by atoms with van der Waals surface area (Å²) in [4.78, 5) is 25.8. The molecule has 1 saturated heterocycles. The summed E-state index contributed by atoms with van der Waals surface area (Å²) < 4.78 is 44.2. The van der Waals surface area contributed by atoms with Gasteiger partial charge < -0.3 is 15.0 Å². The van der Waals surface area contributed by atoms with Gasteiger partial charge in [-0.05, 0) is 57.9 Å². The quantitative estimate of drug-likeness (QED) is 0.772. The van der Waals surface area contributed by atoms with Crippen LogP contribution in [0.4, 0.5) is 9.18 Å². The summed E-state index contributed by atoms with van der Waals surface area (Å²) in [6, 6.07) is 4.35. The smallest absolute Gasteiger partial charge is 0.407 e. The number of amides is 2. The Hall–Kier alpha value is -2.20. The predicted octanol–water partition coefficient (Wildman–Crippen LogP) is 1.96. The van der Waals surface area contributed by atoms with Gasteiger partial charge in [0.2, 0.25) is 15.9 Å². The van der Waals surface area contributed by atoms with Crippen LogP contribution in [0.5, 0.6) is 0 Å². The van der Waals surface area contributed by atoms with Crippen LogP contribution < -0.4 is 5.32 Å². The number of likely N-dealkylation sites (N-methyl/N-ethyl adjacent to an activating group) is 1. The number of hydrogen-bond acceptors (Lipinski definition) is 5. The van der Waals surface area contributed by atoms with Gasteiger partial charge in [0, 0.05) is 26.2 Å². The van der Waals surface area contributed by atoms with Crippen LogP contribution in [-0.4, -0.2) is 67.9 Å². The van der Waals surface area contributed by atoms with E-state index in [1.165, 1.54) is 19.2 Å². The van der Waals surface area contributed by atoms with E-state index < -0.39 is 27.5 Å². The van der Waals surface area contributed by atoms with E-state index in [1.807, 2.05) is 0 Å². The normalized spacial score (nSPS) is 16.0. The molecular weight excluding hydrogens is 401 g/mol. The molecule has 2 rings (SSSR count). The summed E-state index contributed by atoms with van der Waals surface area (Å²) in [6.45, 7) is 5.84. The summed E-state index contributed by atoms with van der Waals surface area (Å²) in [7, 11) is -2.58. The van der Waals surface area contributed by atoms with Crippen LogP contribution >= 0.6 is 0 Å². The van der Waals surface area contributed by atoms with Crippen molar-refractivity contribution in [2.45, 2.75) is 50.2 Å². The number of carbonyl (C=O) groups excluding carboxylic acids is 2. The summed E-state index contributed by atoms with van der Waals surface area (Å²) in [5.41, 5.74) is -0.582. The second kappa shape index (κ2) is 9.08. The number of halogens is 1. The van der Waals surface area contributed by atoms with Crippen molar-refractivity contribution in [3.8, 4) is 0 Å². The molecule has 162 valence electrons. The molecule has 0 atom stereocenters. The van der Waals surface area contributed by atoms with Gasteiger partial charge in [0.25, 0.3) is 0 Å². The monoisotopic (exact) mass is 429 g/mol. The molecule has 0 unspecified atom stereocenters. The highest BCUT2D eigenvalue weighted by molar-refractivity contribution is 7.89. The summed E-state index contributed by atoms with van der Waals surface area (Å²) in [5, 5.41) is 2.79. The molecule has 0 saturated carbocycles. The molecule has 0 bridgehead atoms. The first kappa shape index (κ1) is 23.1. The lowest BCUT2D eigenvalue weighted by Crippen LogP contribution is -2.49. The Morgan fingerprint density at radius 3 is 2.28 bits per heavy atom. The topological polar surface area (TPSA) is 96.0 Å². The lowest BCUT2D eigenvalue weighted by Gasteiger charge is -2.33. The number of sulfonamides is 1. The van der Waals surface area contributed by atoms with E-state index in [1.54, 1.807) is 25.7 Å². The van der Waals surface area contributed by atoms with Gasteiger partial charge in [0.15, 0.2) is 0 Å². The molecular formula is C19H28FN3O5S. The first-order chi connectivity index (χ1) is 13.4. The number of ether oxygens (including phenoxy) is 1. The molecule has 1 N–H and O–H groups in total. The Kier molecular flexibility index (Phi) is 7.23. The molecule has 0 aromatic heterocycles. The zero-order chi connectivity index (χ0) is 21.8. The van der Waals surface area contributed by atoms with E-state index in [-0.39, 0.29) is 23.4 Å². The lowest BCUT2D eigenvalue weighted by atomic mass is 10.1. The highest BCUT2D eigenvalue weighted by Crippen LogP contribution is 2.17. The molecule has 1 aliphatic rings. The number of piperidine rings is 1. The molecule has 1 heterocycles. The lowest BCUT2D eigenvalue weighted by molar-refractivity contribution is -0.132. The maximum absolute atomic E-state index is 13.0. The van der Waals surface area contributed by atoms with E-state index in [4.69, 9.17) is 4.74 Å². The van der Waals surface area contributed by atoms with Crippen LogP contribution in [0.3, 0.4) is 0 Å². The molecule has 0 aliphatic carbocycles. The third-order valence-corrected chi connectivity index (χ3v) is 6.27. The van der Waals surface area contributed by atoms with Crippen molar-refractivity contribution in [1.29, 1.82) is 0 Å². The van der Waals surface area contributed by atoms with E-state index >= 15 is 0 Å². The Bertz CT molecular complexity index is 828. The number of benzene rings is 1. The van der Waals surface area contributed by atoms with E-state index in [2.05, 4.69) is 5.32 Å². The number of nitrogens with one attached hydrogen (secondary N) is 1. The van der Waals surface area contributed by atoms with Crippen molar-refractivity contribution >= 4 is 22.0 Å². The third-order valence-electron chi connectivity index (χ3n) is 4.45. The molecule has 1 fully saturated rings. The van der Waals surface area contributed by atoms with Crippen LogP contribution in [-0.2, 0) is 19.6 Å². The van der Waals surface area contributed by atoms with E-state index in [0.717, 1.165) is 16.4 Å². The summed E-state index contributed by atoms with van der Waals surface area (Å²) >= 11 is 0. The van der Waals surface area contributed by atoms with Gasteiger partial charge in [-0.25, -0.2) is 17.6 Å². The zero-order valence-corrected chi connectivity index (χ0v) is 18.0. The Morgan fingerprint density at radius 1 is 1.21 bits per heavy atom. The van der Waals surface area contributed by atoms with Gasteiger partial charge in [0.1, 0.15) is 11.4 Å². The predicted molar refractivity (Wildman–Crippen MR) is 105 cm³/mol. The minimum absolute atomic E-state index is 0.0746. The van der Waals surface area contributed by atoms with Crippen molar-refractivity contribution in [1.82, 2.24) is 14.5 Å². The number of hydrogen-bond donors (Lipinski definition) is 1. The van der Waals surface area contributed by atoms with Crippen LogP contribution in [0.15, 0.2) is 29.2 Å². The fourth-order valence-corrected chi connectivity index (χ4v) is 4.03. The van der Waals surface area contributed by atoms with Crippen molar-refractivity contribution < 1.29 is 27.1 Å². The Balaban J connectivity index is 1.86. The number of carbonyl (C=O) groups is 2. The minimum Gasteiger partial charge on any atom is -0.444 e. The van der Waals surface area contributed by atoms with E-state index in [0.29, 0.717) is 25.9 Å². The molecule has 29 heavy (non-hydrogen) atoms. The highest BCUT2D eigenvalue weighted by Gasteiger charge is 2.29. The summed E-state index contributed by atoms with van der Waals surface area (Å²) in [5.74, 6) is -0.862. The van der Waals surface area contributed by atoms with Gasteiger partial charge in [-0.2, -0.15) is 4.31 Å². The molecule has 0 radical (unpaired) electrons.